The zero-order valence-corrected chi connectivity index (χ0v) is 29.7. The fraction of sp³-hybridized carbons (Fsp3) is 0.829. The molecule has 1 aliphatic carbocycles. The first-order valence-corrected chi connectivity index (χ1v) is 18.3. The Morgan fingerprint density at radius 1 is 0.708 bits per heavy atom. The fourth-order valence-corrected chi connectivity index (χ4v) is 7.15. The van der Waals surface area contributed by atoms with Crippen molar-refractivity contribution >= 4 is 35.4 Å². The van der Waals surface area contributed by atoms with Crippen molar-refractivity contribution in [1.82, 2.24) is 31.1 Å². The van der Waals surface area contributed by atoms with Crippen LogP contribution in [0, 0.1) is 11.8 Å². The summed E-state index contributed by atoms with van der Waals surface area (Å²) in [5.74, 6) is -1.98. The zero-order chi connectivity index (χ0) is 35.4. The van der Waals surface area contributed by atoms with Gasteiger partial charge in [-0.25, -0.2) is 0 Å². The van der Waals surface area contributed by atoms with Gasteiger partial charge < -0.3 is 36.2 Å². The third-order valence-electron chi connectivity index (χ3n) is 10.0. The molecule has 3 rings (SSSR count). The molecule has 3 aliphatic rings. The van der Waals surface area contributed by atoms with E-state index >= 15 is 0 Å². The van der Waals surface area contributed by atoms with Crippen LogP contribution in [0.5, 0.6) is 0 Å². The summed E-state index contributed by atoms with van der Waals surface area (Å²) in [6.45, 7) is 9.72. The summed E-state index contributed by atoms with van der Waals surface area (Å²) in [4.78, 5) is 82.7. The molecule has 2 heterocycles. The lowest BCUT2D eigenvalue weighted by atomic mass is 9.86. The van der Waals surface area contributed by atoms with Crippen LogP contribution in [0.4, 0.5) is 0 Å². The van der Waals surface area contributed by atoms with Gasteiger partial charge in [0.15, 0.2) is 0 Å². The lowest BCUT2D eigenvalue weighted by Crippen LogP contribution is -2.61. The Labute approximate surface area is 286 Å². The summed E-state index contributed by atoms with van der Waals surface area (Å²) in [6, 6.07) is -4.52. The monoisotopic (exact) mass is 676 g/mol. The second-order valence-electron chi connectivity index (χ2n) is 14.3. The minimum atomic E-state index is -1.16. The normalized spacial score (nSPS) is 22.7. The standard InChI is InChI=1S/C35H60N6O7/c1-6-19-36-33(46)30(24(5)42)39-32(45)27-16-12-21-40(27)34(47)23(4)37-31(44)26-15-10-11-20-41(26)35(48)29(22(2)3)38-28(43)18-17-25-13-8-7-9-14-25/h22-27,29-30,42H,6-21H2,1-5H3,(H,36,46)(H,37,44)(H,38,43)(H,39,45)/t23-,24+,26-,27-,29-,30-/m0/s1. The van der Waals surface area contributed by atoms with E-state index in [4.69, 9.17) is 0 Å². The predicted molar refractivity (Wildman–Crippen MR) is 181 cm³/mol. The highest BCUT2D eigenvalue weighted by molar-refractivity contribution is 5.96. The van der Waals surface area contributed by atoms with E-state index in [2.05, 4.69) is 21.3 Å². The highest BCUT2D eigenvalue weighted by Gasteiger charge is 2.41. The lowest BCUT2D eigenvalue weighted by molar-refractivity contribution is -0.147. The average Bonchev–Trinajstić information content (AvgIpc) is 3.57. The molecule has 48 heavy (non-hydrogen) atoms. The Kier molecular flexibility index (Phi) is 15.6. The molecular formula is C35H60N6O7. The molecule has 0 unspecified atom stereocenters. The molecule has 0 spiro atoms. The summed E-state index contributed by atoms with van der Waals surface area (Å²) in [7, 11) is 0. The molecular weight excluding hydrogens is 616 g/mol. The third-order valence-corrected chi connectivity index (χ3v) is 10.0. The van der Waals surface area contributed by atoms with Crippen molar-refractivity contribution in [2.75, 3.05) is 19.6 Å². The molecule has 1 saturated carbocycles. The van der Waals surface area contributed by atoms with Crippen LogP contribution in [-0.2, 0) is 28.8 Å². The number of piperidine rings is 1. The molecule has 13 nitrogen and oxygen atoms in total. The number of aliphatic hydroxyl groups excluding tert-OH is 1. The van der Waals surface area contributed by atoms with Crippen LogP contribution in [-0.4, -0.2) is 106 Å². The molecule has 5 N–H and O–H groups in total. The van der Waals surface area contributed by atoms with Crippen molar-refractivity contribution in [3.8, 4) is 0 Å². The number of nitrogens with one attached hydrogen (secondary N) is 4. The van der Waals surface area contributed by atoms with Gasteiger partial charge in [0.1, 0.15) is 30.2 Å². The molecule has 272 valence electrons. The van der Waals surface area contributed by atoms with E-state index in [9.17, 15) is 33.9 Å². The topological polar surface area (TPSA) is 177 Å². The summed E-state index contributed by atoms with van der Waals surface area (Å²) in [5.41, 5.74) is 0. The molecule has 2 aliphatic heterocycles. The van der Waals surface area contributed by atoms with Crippen molar-refractivity contribution < 1.29 is 33.9 Å². The van der Waals surface area contributed by atoms with Crippen LogP contribution in [0.25, 0.3) is 0 Å². The van der Waals surface area contributed by atoms with E-state index in [0.29, 0.717) is 57.7 Å². The van der Waals surface area contributed by atoms with Gasteiger partial charge >= 0.3 is 0 Å². The van der Waals surface area contributed by atoms with Crippen molar-refractivity contribution in [2.45, 2.75) is 154 Å². The van der Waals surface area contributed by atoms with Gasteiger partial charge in [-0.05, 0) is 70.6 Å². The highest BCUT2D eigenvalue weighted by atomic mass is 16.3. The van der Waals surface area contributed by atoms with Crippen molar-refractivity contribution in [2.24, 2.45) is 11.8 Å². The predicted octanol–water partition coefficient (Wildman–Crippen LogP) is 1.76. The fourth-order valence-electron chi connectivity index (χ4n) is 7.15. The van der Waals surface area contributed by atoms with Crippen molar-refractivity contribution in [3.63, 3.8) is 0 Å². The summed E-state index contributed by atoms with van der Waals surface area (Å²) in [6.07, 6.45) is 9.61. The van der Waals surface area contributed by atoms with Gasteiger partial charge in [0.25, 0.3) is 0 Å². The molecule has 0 aromatic heterocycles. The van der Waals surface area contributed by atoms with Gasteiger partial charge in [0.05, 0.1) is 6.10 Å². The maximum Gasteiger partial charge on any atom is 0.246 e. The minimum Gasteiger partial charge on any atom is -0.391 e. The second-order valence-corrected chi connectivity index (χ2v) is 14.3. The molecule has 6 amide bonds. The Morgan fingerprint density at radius 2 is 1.29 bits per heavy atom. The first-order chi connectivity index (χ1) is 22.8. The van der Waals surface area contributed by atoms with E-state index < -0.39 is 59.9 Å². The van der Waals surface area contributed by atoms with Gasteiger partial charge in [0.2, 0.25) is 35.4 Å². The van der Waals surface area contributed by atoms with Gasteiger partial charge in [0, 0.05) is 26.1 Å². The average molecular weight is 677 g/mol. The molecule has 6 atom stereocenters. The summed E-state index contributed by atoms with van der Waals surface area (Å²) < 4.78 is 0. The van der Waals surface area contributed by atoms with Gasteiger partial charge in [-0.2, -0.15) is 0 Å². The largest absolute Gasteiger partial charge is 0.391 e. The molecule has 0 aromatic carbocycles. The SMILES string of the molecule is CCCNC(=O)[C@@H](NC(=O)[C@@H]1CCCN1C(=O)[C@H](C)NC(=O)[C@@H]1CCCCN1C(=O)[C@@H](NC(=O)CCC1CCCCC1)C(C)C)[C@@H](C)O. The Balaban J connectivity index is 1.61. The highest BCUT2D eigenvalue weighted by Crippen LogP contribution is 2.27. The van der Waals surface area contributed by atoms with Crippen molar-refractivity contribution in [1.29, 1.82) is 0 Å². The Bertz CT molecular complexity index is 1120. The van der Waals surface area contributed by atoms with Crippen LogP contribution in [0.1, 0.15) is 118 Å². The number of nitrogens with zero attached hydrogens (tertiary/aromatic N) is 2. The van der Waals surface area contributed by atoms with E-state index in [0.717, 1.165) is 32.1 Å². The Morgan fingerprint density at radius 3 is 1.92 bits per heavy atom. The molecule has 0 bridgehead atoms. The van der Waals surface area contributed by atoms with Crippen LogP contribution in [0.15, 0.2) is 0 Å². The molecule has 3 fully saturated rings. The minimum absolute atomic E-state index is 0.143. The molecule has 0 aromatic rings. The van der Waals surface area contributed by atoms with Crippen LogP contribution in [0.2, 0.25) is 0 Å². The quantitative estimate of drug-likeness (QED) is 0.176. The van der Waals surface area contributed by atoms with Gasteiger partial charge in [-0.15, -0.1) is 0 Å². The van der Waals surface area contributed by atoms with Crippen LogP contribution < -0.4 is 21.3 Å². The lowest BCUT2D eigenvalue weighted by Gasteiger charge is -2.38. The number of amides is 6. The van der Waals surface area contributed by atoms with E-state index in [-0.39, 0.29) is 17.7 Å². The van der Waals surface area contributed by atoms with Crippen LogP contribution in [0.3, 0.4) is 0 Å². The summed E-state index contributed by atoms with van der Waals surface area (Å²) in [5, 5.41) is 21.2. The van der Waals surface area contributed by atoms with Gasteiger partial charge in [-0.3, -0.25) is 28.8 Å². The van der Waals surface area contributed by atoms with E-state index in [1.54, 1.807) is 11.8 Å². The molecule has 2 saturated heterocycles. The number of carbonyl (C=O) groups excluding carboxylic acids is 6. The van der Waals surface area contributed by atoms with Crippen LogP contribution >= 0.6 is 0 Å². The maximum atomic E-state index is 13.9. The second kappa shape index (κ2) is 19.1. The summed E-state index contributed by atoms with van der Waals surface area (Å²) >= 11 is 0. The number of rotatable bonds is 15. The number of hydrogen-bond donors (Lipinski definition) is 5. The number of carbonyl (C=O) groups is 6. The zero-order valence-electron chi connectivity index (χ0n) is 29.7. The third kappa shape index (κ3) is 10.9. The molecule has 0 radical (unpaired) electrons. The van der Waals surface area contributed by atoms with E-state index in [1.165, 1.54) is 31.1 Å². The Hall–Kier alpha value is -3.22. The first kappa shape index (κ1) is 39.2. The molecule has 13 heteroatoms. The smallest absolute Gasteiger partial charge is 0.246 e. The van der Waals surface area contributed by atoms with E-state index in [1.807, 2.05) is 20.8 Å². The number of likely N-dealkylation sites (tertiary alicyclic amines) is 2. The first-order valence-electron chi connectivity index (χ1n) is 18.3. The van der Waals surface area contributed by atoms with Gasteiger partial charge in [-0.1, -0.05) is 52.9 Å². The number of hydrogen-bond acceptors (Lipinski definition) is 7. The maximum absolute atomic E-state index is 13.9. The number of aliphatic hydroxyl groups is 1. The van der Waals surface area contributed by atoms with Crippen molar-refractivity contribution in [3.05, 3.63) is 0 Å².